The van der Waals surface area contributed by atoms with E-state index in [1.165, 1.54) is 36.6 Å². The Morgan fingerprint density at radius 3 is 2.00 bits per heavy atom. The van der Waals surface area contributed by atoms with Gasteiger partial charge in [0.2, 0.25) is 0 Å². The van der Waals surface area contributed by atoms with E-state index in [-0.39, 0.29) is 0 Å². The van der Waals surface area contributed by atoms with Gasteiger partial charge in [-0.05, 0) is 19.1 Å². The van der Waals surface area contributed by atoms with Gasteiger partial charge in [0.1, 0.15) is 0 Å². The number of nitrogens with one attached hydrogen (secondary N) is 1. The molecule has 102 valence electrons. The lowest BCUT2D eigenvalue weighted by atomic mass is 10.2. The highest BCUT2D eigenvalue weighted by atomic mass is 15.1. The van der Waals surface area contributed by atoms with E-state index in [9.17, 15) is 0 Å². The number of hydrogen-bond donors (Lipinski definition) is 1. The maximum atomic E-state index is 3.92. The van der Waals surface area contributed by atoms with Crippen LogP contribution >= 0.6 is 0 Å². The maximum absolute atomic E-state index is 3.92. The first-order chi connectivity index (χ1) is 8.69. The fourth-order valence-electron chi connectivity index (χ4n) is 1.06. The first kappa shape index (κ1) is 16.7. The molecule has 0 atom stereocenters. The molecule has 18 heavy (non-hydrogen) atoms. The second-order valence-corrected chi connectivity index (χ2v) is 4.46. The fourth-order valence-corrected chi connectivity index (χ4v) is 1.06. The predicted octanol–water partition coefficient (Wildman–Crippen LogP) is 5.48. The van der Waals surface area contributed by atoms with Gasteiger partial charge in [0, 0.05) is 5.39 Å². The number of unbranched alkanes of at least 4 members (excludes halogenated alkanes) is 2. The summed E-state index contributed by atoms with van der Waals surface area (Å²) < 4.78 is 0. The molecule has 2 heteroatoms. The van der Waals surface area contributed by atoms with Crippen LogP contribution in [0.2, 0.25) is 0 Å². The number of fused-ring (bicyclic) bond motifs is 1. The summed E-state index contributed by atoms with van der Waals surface area (Å²) in [5.41, 5.74) is 2.37. The number of rotatable bonds is 2. The first-order valence-electron chi connectivity index (χ1n) is 7.09. The Hall–Kier alpha value is -1.31. The second-order valence-electron chi connectivity index (χ2n) is 4.46. The Morgan fingerprint density at radius 2 is 1.50 bits per heavy atom. The minimum atomic E-state index is 1.10. The Kier molecular flexibility index (Phi) is 10.0. The number of aromatic amines is 1. The maximum Gasteiger partial charge on any atom is 0.0650 e. The Labute approximate surface area is 112 Å². The highest BCUT2D eigenvalue weighted by Gasteiger charge is 1.92. The van der Waals surface area contributed by atoms with Crippen LogP contribution in [-0.4, -0.2) is 10.2 Å². The van der Waals surface area contributed by atoms with Crippen molar-refractivity contribution in [3.63, 3.8) is 0 Å². The van der Waals surface area contributed by atoms with Crippen molar-refractivity contribution in [1.29, 1.82) is 0 Å². The molecule has 0 unspecified atom stereocenters. The third-order valence-electron chi connectivity index (χ3n) is 2.60. The van der Waals surface area contributed by atoms with E-state index in [2.05, 4.69) is 56.9 Å². The summed E-state index contributed by atoms with van der Waals surface area (Å²) in [5.74, 6) is 0. The molecule has 0 saturated heterocycles. The SMILES string of the molecule is CCCC.CCCC.Cc1ccc2[nH]ncc2c1. The normalized spacial score (nSPS) is 9.17. The molecular formula is C16H28N2. The van der Waals surface area contributed by atoms with Gasteiger partial charge in [-0.3, -0.25) is 5.10 Å². The van der Waals surface area contributed by atoms with E-state index in [1.807, 2.05) is 12.3 Å². The minimum absolute atomic E-state index is 1.10. The van der Waals surface area contributed by atoms with Gasteiger partial charge in [-0.25, -0.2) is 0 Å². The third-order valence-corrected chi connectivity index (χ3v) is 2.60. The van der Waals surface area contributed by atoms with Crippen molar-refractivity contribution >= 4 is 10.9 Å². The molecule has 2 aromatic rings. The van der Waals surface area contributed by atoms with Gasteiger partial charge in [0.15, 0.2) is 0 Å². The quantitative estimate of drug-likeness (QED) is 0.748. The molecule has 2 rings (SSSR count). The van der Waals surface area contributed by atoms with Crippen LogP contribution in [-0.2, 0) is 0 Å². The van der Waals surface area contributed by atoms with Crippen LogP contribution in [0.4, 0.5) is 0 Å². The lowest BCUT2D eigenvalue weighted by Gasteiger charge is -1.89. The van der Waals surface area contributed by atoms with Crippen molar-refractivity contribution in [2.75, 3.05) is 0 Å². The summed E-state index contributed by atoms with van der Waals surface area (Å²) in [6.45, 7) is 10.8. The van der Waals surface area contributed by atoms with Crippen LogP contribution in [0.15, 0.2) is 24.4 Å². The second kappa shape index (κ2) is 10.8. The highest BCUT2D eigenvalue weighted by Crippen LogP contribution is 2.11. The topological polar surface area (TPSA) is 28.7 Å². The van der Waals surface area contributed by atoms with Gasteiger partial charge < -0.3 is 0 Å². The molecule has 0 saturated carbocycles. The van der Waals surface area contributed by atoms with E-state index in [0.29, 0.717) is 0 Å². The molecule has 0 aliphatic carbocycles. The van der Waals surface area contributed by atoms with Crippen molar-refractivity contribution in [1.82, 2.24) is 10.2 Å². The number of H-pyrrole nitrogens is 1. The average molecular weight is 248 g/mol. The number of aromatic nitrogens is 2. The summed E-state index contributed by atoms with van der Waals surface area (Å²) in [5, 5.41) is 7.99. The standard InChI is InChI=1S/C8H8N2.2C4H10/c1-6-2-3-8-7(4-6)5-9-10-8;2*1-3-4-2/h2-5H,1H3,(H,9,10);2*3-4H2,1-2H3. The van der Waals surface area contributed by atoms with E-state index < -0.39 is 0 Å². The summed E-state index contributed by atoms with van der Waals surface area (Å²) in [6, 6.07) is 6.22. The molecule has 0 aliphatic heterocycles. The van der Waals surface area contributed by atoms with Crippen LogP contribution in [0.5, 0.6) is 0 Å². The monoisotopic (exact) mass is 248 g/mol. The van der Waals surface area contributed by atoms with Crippen molar-refractivity contribution < 1.29 is 0 Å². The Balaban J connectivity index is 0.000000307. The molecule has 1 heterocycles. The Bertz CT molecular complexity index is 396. The number of aryl methyl sites for hydroxylation is 1. The molecule has 1 aromatic heterocycles. The molecule has 1 aromatic carbocycles. The lowest BCUT2D eigenvalue weighted by molar-refractivity contribution is 0.886. The van der Waals surface area contributed by atoms with Gasteiger partial charge in [0.05, 0.1) is 11.7 Å². The molecule has 0 spiro atoms. The number of hydrogen-bond acceptors (Lipinski definition) is 1. The van der Waals surface area contributed by atoms with Gasteiger partial charge in [-0.15, -0.1) is 0 Å². The van der Waals surface area contributed by atoms with Crippen LogP contribution < -0.4 is 0 Å². The van der Waals surface area contributed by atoms with Gasteiger partial charge in [-0.2, -0.15) is 5.10 Å². The van der Waals surface area contributed by atoms with Crippen molar-refractivity contribution in [3.05, 3.63) is 30.0 Å². The minimum Gasteiger partial charge on any atom is -0.278 e. The molecule has 2 nitrogen and oxygen atoms in total. The Morgan fingerprint density at radius 1 is 0.944 bits per heavy atom. The molecule has 0 aliphatic rings. The number of benzene rings is 1. The molecular weight excluding hydrogens is 220 g/mol. The van der Waals surface area contributed by atoms with Crippen molar-refractivity contribution in [2.45, 2.75) is 60.3 Å². The average Bonchev–Trinajstić information content (AvgIpc) is 2.86. The molecule has 0 fully saturated rings. The summed E-state index contributed by atoms with van der Waals surface area (Å²) >= 11 is 0. The van der Waals surface area contributed by atoms with Crippen LogP contribution in [0.1, 0.15) is 58.9 Å². The largest absolute Gasteiger partial charge is 0.278 e. The van der Waals surface area contributed by atoms with E-state index in [1.54, 1.807) is 0 Å². The van der Waals surface area contributed by atoms with Crippen LogP contribution in [0, 0.1) is 6.92 Å². The van der Waals surface area contributed by atoms with E-state index >= 15 is 0 Å². The zero-order valence-corrected chi connectivity index (χ0v) is 12.6. The van der Waals surface area contributed by atoms with Crippen LogP contribution in [0.25, 0.3) is 10.9 Å². The van der Waals surface area contributed by atoms with Gasteiger partial charge in [-0.1, -0.05) is 65.0 Å². The summed E-state index contributed by atoms with van der Waals surface area (Å²) in [6.07, 6.45) is 7.11. The van der Waals surface area contributed by atoms with E-state index in [0.717, 1.165) is 5.52 Å². The fraction of sp³-hybridized carbons (Fsp3) is 0.562. The van der Waals surface area contributed by atoms with E-state index in [4.69, 9.17) is 0 Å². The summed E-state index contributed by atoms with van der Waals surface area (Å²) in [7, 11) is 0. The van der Waals surface area contributed by atoms with Gasteiger partial charge in [0.25, 0.3) is 0 Å². The first-order valence-corrected chi connectivity index (χ1v) is 7.09. The summed E-state index contributed by atoms with van der Waals surface area (Å²) in [4.78, 5) is 0. The van der Waals surface area contributed by atoms with Crippen molar-refractivity contribution in [3.8, 4) is 0 Å². The zero-order chi connectivity index (χ0) is 13.8. The smallest absolute Gasteiger partial charge is 0.0650 e. The van der Waals surface area contributed by atoms with Gasteiger partial charge >= 0.3 is 0 Å². The van der Waals surface area contributed by atoms with Crippen molar-refractivity contribution in [2.24, 2.45) is 0 Å². The molecule has 1 N–H and O–H groups in total. The van der Waals surface area contributed by atoms with Crippen LogP contribution in [0.3, 0.4) is 0 Å². The zero-order valence-electron chi connectivity index (χ0n) is 12.6. The molecule has 0 amide bonds. The third kappa shape index (κ3) is 7.10. The molecule has 0 radical (unpaired) electrons. The lowest BCUT2D eigenvalue weighted by Crippen LogP contribution is -1.70. The predicted molar refractivity (Wildman–Crippen MR) is 82.0 cm³/mol. The molecule has 0 bridgehead atoms. The number of nitrogens with zero attached hydrogens (tertiary/aromatic N) is 1. The highest BCUT2D eigenvalue weighted by molar-refractivity contribution is 5.78.